The van der Waals surface area contributed by atoms with Crippen molar-refractivity contribution in [1.82, 2.24) is 9.80 Å². The third-order valence-corrected chi connectivity index (χ3v) is 2.78. The largest absolute Gasteiger partial charge is 0.661 e. The van der Waals surface area contributed by atoms with E-state index < -0.39 is 0 Å². The SMILES string of the molecule is CC.CC[N-]CC1CN(C)CCN1CC.[Re]. The molecule has 1 heterocycles. The van der Waals surface area contributed by atoms with Gasteiger partial charge in [0.1, 0.15) is 0 Å². The van der Waals surface area contributed by atoms with Crippen LogP contribution in [-0.2, 0) is 20.4 Å². The van der Waals surface area contributed by atoms with Crippen LogP contribution in [0, 0.1) is 0 Å². The van der Waals surface area contributed by atoms with Gasteiger partial charge in [-0.05, 0) is 13.6 Å². The van der Waals surface area contributed by atoms with Crippen molar-refractivity contribution in [2.45, 2.75) is 33.7 Å². The summed E-state index contributed by atoms with van der Waals surface area (Å²) in [5.74, 6) is 0. The molecule has 1 atom stereocenters. The van der Waals surface area contributed by atoms with Crippen LogP contribution in [0.2, 0.25) is 0 Å². The molecule has 1 unspecified atom stereocenters. The zero-order chi connectivity index (χ0) is 11.7. The summed E-state index contributed by atoms with van der Waals surface area (Å²) in [4.78, 5) is 4.95. The fourth-order valence-electron chi connectivity index (χ4n) is 1.92. The Hall–Kier alpha value is 0.542. The summed E-state index contributed by atoms with van der Waals surface area (Å²) in [5, 5.41) is 4.46. The molecule has 0 amide bonds. The fourth-order valence-corrected chi connectivity index (χ4v) is 1.92. The molecule has 0 spiro atoms. The maximum absolute atomic E-state index is 4.46. The first-order chi connectivity index (χ1) is 7.27. The van der Waals surface area contributed by atoms with Crippen LogP contribution in [0.3, 0.4) is 0 Å². The first kappa shape index (κ1) is 18.9. The topological polar surface area (TPSA) is 20.6 Å². The van der Waals surface area contributed by atoms with Gasteiger partial charge >= 0.3 is 0 Å². The number of piperazine rings is 1. The molecular formula is C12H28N3Re-. The monoisotopic (exact) mass is 401 g/mol. The summed E-state index contributed by atoms with van der Waals surface area (Å²) in [5.41, 5.74) is 0. The van der Waals surface area contributed by atoms with Crippen molar-refractivity contribution < 1.29 is 20.4 Å². The van der Waals surface area contributed by atoms with E-state index in [-0.39, 0.29) is 20.4 Å². The van der Waals surface area contributed by atoms with Gasteiger partial charge in [-0.1, -0.05) is 27.7 Å². The van der Waals surface area contributed by atoms with Gasteiger partial charge in [-0.2, -0.15) is 6.54 Å². The predicted octanol–water partition coefficient (Wildman–Crippen LogP) is 2.04. The second kappa shape index (κ2) is 12.0. The second-order valence-electron chi connectivity index (χ2n) is 3.77. The maximum atomic E-state index is 4.46. The van der Waals surface area contributed by atoms with Crippen molar-refractivity contribution in [3.8, 4) is 0 Å². The summed E-state index contributed by atoms with van der Waals surface area (Å²) < 4.78 is 0. The molecule has 16 heavy (non-hydrogen) atoms. The average molecular weight is 401 g/mol. The molecule has 4 heteroatoms. The summed E-state index contributed by atoms with van der Waals surface area (Å²) in [6.45, 7) is 15.1. The Labute approximate surface area is 116 Å². The molecule has 1 rings (SSSR count). The quantitative estimate of drug-likeness (QED) is 0.720. The van der Waals surface area contributed by atoms with Gasteiger partial charge in [0.2, 0.25) is 0 Å². The van der Waals surface area contributed by atoms with Gasteiger partial charge < -0.3 is 10.2 Å². The van der Waals surface area contributed by atoms with Gasteiger partial charge in [-0.15, -0.1) is 6.54 Å². The first-order valence-electron chi connectivity index (χ1n) is 6.33. The molecule has 0 aliphatic carbocycles. The van der Waals surface area contributed by atoms with E-state index in [1.807, 2.05) is 13.8 Å². The fraction of sp³-hybridized carbons (Fsp3) is 1.00. The molecule has 0 aromatic heterocycles. The minimum absolute atomic E-state index is 0. The van der Waals surface area contributed by atoms with Crippen LogP contribution in [0.15, 0.2) is 0 Å². The van der Waals surface area contributed by atoms with Gasteiger partial charge in [0.05, 0.1) is 0 Å². The predicted molar refractivity (Wildman–Crippen MR) is 68.6 cm³/mol. The Balaban J connectivity index is 0. The zero-order valence-electron chi connectivity index (χ0n) is 11.5. The third kappa shape index (κ3) is 6.98. The van der Waals surface area contributed by atoms with E-state index in [0.29, 0.717) is 6.04 Å². The summed E-state index contributed by atoms with van der Waals surface area (Å²) in [6.07, 6.45) is 0. The van der Waals surface area contributed by atoms with Crippen molar-refractivity contribution in [2.75, 3.05) is 46.3 Å². The average Bonchev–Trinajstić information content (AvgIpc) is 2.29. The van der Waals surface area contributed by atoms with E-state index in [0.717, 1.165) is 19.6 Å². The van der Waals surface area contributed by atoms with Gasteiger partial charge in [-0.3, -0.25) is 4.90 Å². The van der Waals surface area contributed by atoms with Crippen LogP contribution in [0.1, 0.15) is 27.7 Å². The van der Waals surface area contributed by atoms with E-state index in [2.05, 4.69) is 36.0 Å². The van der Waals surface area contributed by atoms with Gasteiger partial charge in [0.25, 0.3) is 0 Å². The van der Waals surface area contributed by atoms with E-state index in [9.17, 15) is 0 Å². The van der Waals surface area contributed by atoms with Crippen LogP contribution in [-0.4, -0.2) is 62.2 Å². The number of hydrogen-bond acceptors (Lipinski definition) is 2. The summed E-state index contributed by atoms with van der Waals surface area (Å²) in [7, 11) is 2.20. The van der Waals surface area contributed by atoms with Crippen LogP contribution in [0.25, 0.3) is 5.32 Å². The van der Waals surface area contributed by atoms with Crippen molar-refractivity contribution >= 4 is 0 Å². The molecule has 0 bridgehead atoms. The van der Waals surface area contributed by atoms with Crippen LogP contribution in [0.5, 0.6) is 0 Å². The van der Waals surface area contributed by atoms with Crippen molar-refractivity contribution in [1.29, 1.82) is 0 Å². The number of likely N-dealkylation sites (N-methyl/N-ethyl adjacent to an activating group) is 3. The van der Waals surface area contributed by atoms with Gasteiger partial charge in [0.15, 0.2) is 0 Å². The molecule has 1 aliphatic heterocycles. The Morgan fingerprint density at radius 1 is 1.19 bits per heavy atom. The second-order valence-corrected chi connectivity index (χ2v) is 3.77. The van der Waals surface area contributed by atoms with Gasteiger partial charge in [-0.25, -0.2) is 0 Å². The Morgan fingerprint density at radius 3 is 2.31 bits per heavy atom. The van der Waals surface area contributed by atoms with E-state index in [1.54, 1.807) is 0 Å². The molecule has 0 aromatic rings. The molecule has 1 fully saturated rings. The molecule has 3 nitrogen and oxygen atoms in total. The normalized spacial score (nSPS) is 21.9. The zero-order valence-corrected chi connectivity index (χ0v) is 14.3. The Bertz CT molecular complexity index is 144. The number of nitrogens with zero attached hydrogens (tertiary/aromatic N) is 3. The molecule has 99 valence electrons. The summed E-state index contributed by atoms with van der Waals surface area (Å²) >= 11 is 0. The molecule has 0 aromatic carbocycles. The molecular weight excluding hydrogens is 372 g/mol. The van der Waals surface area contributed by atoms with Crippen LogP contribution < -0.4 is 0 Å². The Morgan fingerprint density at radius 2 is 1.81 bits per heavy atom. The maximum Gasteiger partial charge on any atom is 0.0119 e. The van der Waals surface area contributed by atoms with E-state index in [4.69, 9.17) is 0 Å². The minimum Gasteiger partial charge on any atom is -0.661 e. The van der Waals surface area contributed by atoms with Crippen molar-refractivity contribution in [3.63, 3.8) is 0 Å². The van der Waals surface area contributed by atoms with Crippen LogP contribution in [0.4, 0.5) is 0 Å². The van der Waals surface area contributed by atoms with Crippen molar-refractivity contribution in [3.05, 3.63) is 5.32 Å². The molecule has 0 saturated carbocycles. The number of hydrogen-bond donors (Lipinski definition) is 0. The van der Waals surface area contributed by atoms with E-state index in [1.165, 1.54) is 19.6 Å². The third-order valence-electron chi connectivity index (χ3n) is 2.78. The van der Waals surface area contributed by atoms with Crippen molar-refractivity contribution in [2.24, 2.45) is 0 Å². The van der Waals surface area contributed by atoms with E-state index >= 15 is 0 Å². The van der Waals surface area contributed by atoms with Crippen LogP contribution >= 0.6 is 0 Å². The standard InChI is InChI=1S/C10H22N3.C2H6.Re/c1-4-11-8-10-9-12(3)6-7-13(10)5-2;1-2;/h10H,4-9H2,1-3H3;1-2H3;/q-1;;. The molecule has 1 aliphatic rings. The summed E-state index contributed by atoms with van der Waals surface area (Å²) in [6, 6.07) is 0.656. The first-order valence-corrected chi connectivity index (χ1v) is 6.33. The molecule has 0 N–H and O–H groups in total. The number of rotatable bonds is 4. The minimum atomic E-state index is 0. The van der Waals surface area contributed by atoms with Gasteiger partial charge in [0, 0.05) is 46.1 Å². The Kier molecular flexibility index (Phi) is 14.2. The molecule has 1 radical (unpaired) electrons. The molecule has 1 saturated heterocycles. The smallest absolute Gasteiger partial charge is 0.0119 e.